The van der Waals surface area contributed by atoms with Crippen molar-refractivity contribution >= 4 is 43.9 Å². The summed E-state index contributed by atoms with van der Waals surface area (Å²) in [7, 11) is 0. The van der Waals surface area contributed by atoms with Gasteiger partial charge >= 0.3 is 0 Å². The summed E-state index contributed by atoms with van der Waals surface area (Å²) in [6.07, 6.45) is 1.79. The predicted molar refractivity (Wildman–Crippen MR) is 250 cm³/mol. The number of pyridine rings is 1. The monoisotopic (exact) mass is 982 g/mol. The molecule has 0 aliphatic carbocycles. The summed E-state index contributed by atoms with van der Waals surface area (Å²) >= 11 is 0. The second-order valence-corrected chi connectivity index (χ2v) is 15.9. The minimum Gasteiger partial charge on any atom is -0.499 e. The Balaban J connectivity index is 0.000000325. The third-order valence-electron chi connectivity index (χ3n) is 11.3. The van der Waals surface area contributed by atoms with Crippen LogP contribution in [0.3, 0.4) is 0 Å². The summed E-state index contributed by atoms with van der Waals surface area (Å²) in [6, 6.07) is 64.9. The van der Waals surface area contributed by atoms with E-state index in [1.54, 1.807) is 6.20 Å². The number of hydrogen-bond donors (Lipinski definition) is 0. The molecule has 305 valence electrons. The molecule has 62 heavy (non-hydrogen) atoms. The van der Waals surface area contributed by atoms with E-state index in [1.807, 2.05) is 66.7 Å². The Bertz CT molecular complexity index is 3230. The Morgan fingerprint density at radius 2 is 1.29 bits per heavy atom. The fraction of sp³-hybridized carbons (Fsp3) is 0.107. The standard InChI is InChI=1S/C45H35N2O2.C11H8N.Ir/c1-27(2)33-18-13-19-34(28(3)4)42(33)47-38-21-12-11-20-37(38)46-45(47)36-24-32-26-39(30-16-9-6-10-17-30)48-43(32)41-35-23-22-31(25-40(35)49-44(36)41)29-14-7-5-8-15-29;1-2-6-10(7-3-1)11-8-4-5-9-12-11;/h5-23,25-28H,1-4H3;1-6,8-9H;/q2*-1;. The summed E-state index contributed by atoms with van der Waals surface area (Å²) < 4.78 is 16.0. The summed E-state index contributed by atoms with van der Waals surface area (Å²) in [6.45, 7) is 9.05. The van der Waals surface area contributed by atoms with E-state index in [0.717, 1.165) is 83.5 Å². The van der Waals surface area contributed by atoms with Crippen LogP contribution in [0.5, 0.6) is 0 Å². The first-order valence-corrected chi connectivity index (χ1v) is 20.9. The van der Waals surface area contributed by atoms with E-state index in [2.05, 4.69) is 153 Å². The van der Waals surface area contributed by atoms with Gasteiger partial charge in [0.25, 0.3) is 0 Å². The summed E-state index contributed by atoms with van der Waals surface area (Å²) in [5, 5.41) is 2.81. The summed E-state index contributed by atoms with van der Waals surface area (Å²) in [5.74, 6) is 2.20. The molecule has 6 heteroatoms. The van der Waals surface area contributed by atoms with Crippen LogP contribution < -0.4 is 0 Å². The molecule has 4 heterocycles. The van der Waals surface area contributed by atoms with Crippen molar-refractivity contribution in [3.05, 3.63) is 199 Å². The molecule has 0 N–H and O–H groups in total. The summed E-state index contributed by atoms with van der Waals surface area (Å²) in [4.78, 5) is 9.58. The van der Waals surface area contributed by atoms with Crippen molar-refractivity contribution in [3.63, 3.8) is 0 Å². The zero-order valence-corrected chi connectivity index (χ0v) is 37.3. The number of nitrogens with zero attached hydrogens (tertiary/aromatic N) is 3. The van der Waals surface area contributed by atoms with Crippen molar-refractivity contribution in [2.45, 2.75) is 39.5 Å². The van der Waals surface area contributed by atoms with Gasteiger partial charge in [0.05, 0.1) is 33.8 Å². The van der Waals surface area contributed by atoms with E-state index in [-0.39, 0.29) is 20.1 Å². The van der Waals surface area contributed by atoms with Crippen molar-refractivity contribution in [2.75, 3.05) is 0 Å². The summed E-state index contributed by atoms with van der Waals surface area (Å²) in [5.41, 5.74) is 14.0. The molecule has 4 aromatic heterocycles. The third-order valence-corrected chi connectivity index (χ3v) is 11.3. The van der Waals surface area contributed by atoms with E-state index >= 15 is 0 Å². The Labute approximate surface area is 375 Å². The van der Waals surface area contributed by atoms with Crippen molar-refractivity contribution in [2.24, 2.45) is 0 Å². The number of furan rings is 2. The molecule has 0 saturated carbocycles. The van der Waals surface area contributed by atoms with E-state index in [1.165, 1.54) is 16.8 Å². The molecule has 5 nitrogen and oxygen atoms in total. The third kappa shape index (κ3) is 7.47. The zero-order chi connectivity index (χ0) is 41.5. The average Bonchev–Trinajstić information content (AvgIpc) is 4.03. The van der Waals surface area contributed by atoms with Crippen LogP contribution in [0.25, 0.3) is 94.7 Å². The second kappa shape index (κ2) is 17.3. The van der Waals surface area contributed by atoms with Gasteiger partial charge in [-0.25, -0.2) is 0 Å². The van der Waals surface area contributed by atoms with Crippen molar-refractivity contribution in [3.8, 4) is 50.8 Å². The number of benzene rings is 7. The Morgan fingerprint density at radius 3 is 1.98 bits per heavy atom. The van der Waals surface area contributed by atoms with Crippen LogP contribution in [0.4, 0.5) is 0 Å². The molecule has 0 fully saturated rings. The minimum atomic E-state index is 0. The molecule has 0 aliphatic heterocycles. The first-order chi connectivity index (χ1) is 29.9. The molecule has 0 unspecified atom stereocenters. The quantitative estimate of drug-likeness (QED) is 0.149. The van der Waals surface area contributed by atoms with Gasteiger partial charge in [0.2, 0.25) is 0 Å². The van der Waals surface area contributed by atoms with Gasteiger partial charge in [-0.1, -0.05) is 154 Å². The van der Waals surface area contributed by atoms with Crippen LogP contribution in [0.15, 0.2) is 185 Å². The van der Waals surface area contributed by atoms with Gasteiger partial charge in [0.1, 0.15) is 5.58 Å². The van der Waals surface area contributed by atoms with E-state index in [4.69, 9.17) is 13.8 Å². The predicted octanol–water partition coefficient (Wildman–Crippen LogP) is 15.3. The molecule has 0 amide bonds. The number of fused-ring (bicyclic) bond motifs is 6. The van der Waals surface area contributed by atoms with Crippen LogP contribution in [-0.2, 0) is 20.1 Å². The van der Waals surface area contributed by atoms with Gasteiger partial charge in [0.15, 0.2) is 0 Å². The molecule has 0 aliphatic rings. The maximum atomic E-state index is 6.92. The molecular formula is C56H43IrN3O2-2. The van der Waals surface area contributed by atoms with Gasteiger partial charge in [-0.3, -0.25) is 4.98 Å². The molecule has 0 saturated heterocycles. The molecular weight excluding hydrogens is 939 g/mol. The van der Waals surface area contributed by atoms with Crippen molar-refractivity contribution in [1.82, 2.24) is 14.5 Å². The molecule has 0 spiro atoms. The topological polar surface area (TPSA) is 57.0 Å². The Kier molecular flexibility index (Phi) is 11.3. The van der Waals surface area contributed by atoms with Crippen LogP contribution in [0.1, 0.15) is 50.7 Å². The normalized spacial score (nSPS) is 11.4. The van der Waals surface area contributed by atoms with Gasteiger partial charge < -0.3 is 18.4 Å². The Hall–Kier alpha value is -6.85. The van der Waals surface area contributed by atoms with Crippen LogP contribution >= 0.6 is 0 Å². The molecule has 11 rings (SSSR count). The van der Waals surface area contributed by atoms with E-state index < -0.39 is 0 Å². The number of aromatic nitrogens is 3. The maximum absolute atomic E-state index is 6.92. The van der Waals surface area contributed by atoms with Crippen LogP contribution in [0.2, 0.25) is 0 Å². The molecule has 11 aromatic rings. The fourth-order valence-electron chi connectivity index (χ4n) is 8.34. The number of para-hydroxylation sites is 3. The molecule has 7 aromatic carbocycles. The fourth-order valence-corrected chi connectivity index (χ4v) is 8.34. The SMILES string of the molecule is CC(C)c1cccc(C(C)C)c1-n1c(-c2[c-]c3cc(-c4ccccc4)oc3c3c2oc2cc(-c4ccccc4)ccc23)nc2ccccc21.[Ir].[c-]1ccccc1-c1ccccn1. The maximum Gasteiger partial charge on any atom is 0.124 e. The smallest absolute Gasteiger partial charge is 0.124 e. The minimum absolute atomic E-state index is 0. The first kappa shape index (κ1) is 40.5. The second-order valence-electron chi connectivity index (χ2n) is 15.9. The van der Waals surface area contributed by atoms with Gasteiger partial charge in [-0.05, 0) is 69.6 Å². The van der Waals surface area contributed by atoms with Gasteiger partial charge in [-0.15, -0.1) is 42.0 Å². The zero-order valence-electron chi connectivity index (χ0n) is 34.9. The van der Waals surface area contributed by atoms with Gasteiger partial charge in [0, 0.05) is 48.3 Å². The molecule has 0 bridgehead atoms. The largest absolute Gasteiger partial charge is 0.499 e. The first-order valence-electron chi connectivity index (χ1n) is 20.9. The van der Waals surface area contributed by atoms with E-state index in [0.29, 0.717) is 17.4 Å². The average molecular weight is 982 g/mol. The van der Waals surface area contributed by atoms with Crippen LogP contribution in [-0.4, -0.2) is 14.5 Å². The van der Waals surface area contributed by atoms with Gasteiger partial charge in [-0.2, -0.15) is 0 Å². The molecule has 1 radical (unpaired) electrons. The van der Waals surface area contributed by atoms with Crippen LogP contribution in [0, 0.1) is 12.1 Å². The Morgan fingerprint density at radius 1 is 0.597 bits per heavy atom. The number of hydrogen-bond acceptors (Lipinski definition) is 4. The van der Waals surface area contributed by atoms with Crippen molar-refractivity contribution in [1.29, 1.82) is 0 Å². The molecule has 0 atom stereocenters. The van der Waals surface area contributed by atoms with Crippen molar-refractivity contribution < 1.29 is 28.9 Å². The van der Waals surface area contributed by atoms with E-state index in [9.17, 15) is 0 Å². The number of rotatable bonds is 7. The number of imidazole rings is 1.